The Morgan fingerprint density at radius 3 is 2.71 bits per heavy atom. The van der Waals surface area contributed by atoms with Crippen LogP contribution in [0.4, 0.5) is 8.78 Å². The van der Waals surface area contributed by atoms with Crippen molar-refractivity contribution in [2.45, 2.75) is 13.3 Å². The Kier molecular flexibility index (Phi) is 5.92. The van der Waals surface area contributed by atoms with Gasteiger partial charge in [0.25, 0.3) is 0 Å². The summed E-state index contributed by atoms with van der Waals surface area (Å²) in [6, 6.07) is 9.54. The van der Waals surface area contributed by atoms with Crippen LogP contribution in [0.15, 0.2) is 95.4 Å². The first kappa shape index (κ1) is 20.5. The van der Waals surface area contributed by atoms with Gasteiger partial charge in [-0.3, -0.25) is 0 Å². The summed E-state index contributed by atoms with van der Waals surface area (Å²) in [5, 5.41) is 0. The van der Waals surface area contributed by atoms with E-state index in [1.54, 1.807) is 25.1 Å². The number of rotatable bonds is 5. The Morgan fingerprint density at radius 2 is 1.94 bits per heavy atom. The average molecular weight is 413 g/mol. The number of aliphatic imine (C=N–C) groups is 1. The Labute approximate surface area is 180 Å². The second-order valence-corrected chi connectivity index (χ2v) is 7.31. The smallest absolute Gasteiger partial charge is 0.133 e. The molecule has 0 bridgehead atoms. The number of ether oxygens (including phenoxy) is 1. The molecule has 4 rings (SSSR count). The minimum Gasteiger partial charge on any atom is -0.487 e. The summed E-state index contributed by atoms with van der Waals surface area (Å²) < 4.78 is 32.9. The van der Waals surface area contributed by atoms with Crippen LogP contribution in [0.2, 0.25) is 0 Å². The fourth-order valence-electron chi connectivity index (χ4n) is 3.40. The van der Waals surface area contributed by atoms with Crippen LogP contribution in [0, 0.1) is 18.6 Å². The minimum absolute atomic E-state index is 0.245. The summed E-state index contributed by atoms with van der Waals surface area (Å²) in [7, 11) is 0. The van der Waals surface area contributed by atoms with Crippen LogP contribution < -0.4 is 4.74 Å². The van der Waals surface area contributed by atoms with E-state index in [0.29, 0.717) is 29.9 Å². The zero-order valence-electron chi connectivity index (χ0n) is 17.2. The number of benzene rings is 2. The van der Waals surface area contributed by atoms with E-state index in [1.807, 2.05) is 36.4 Å². The number of nitrogens with zero attached hydrogens (tertiary/aromatic N) is 1. The third-order valence-electron chi connectivity index (χ3n) is 5.11. The summed E-state index contributed by atoms with van der Waals surface area (Å²) in [6.45, 7) is 5.75. The van der Waals surface area contributed by atoms with Gasteiger partial charge in [-0.05, 0) is 78.1 Å². The average Bonchev–Trinajstić information content (AvgIpc) is 2.76. The lowest BCUT2D eigenvalue weighted by Gasteiger charge is -2.15. The highest BCUT2D eigenvalue weighted by atomic mass is 19.1. The number of allylic oxidation sites excluding steroid dienone is 6. The first-order chi connectivity index (χ1) is 15.0. The summed E-state index contributed by atoms with van der Waals surface area (Å²) in [4.78, 5) is 4.67. The monoisotopic (exact) mass is 413 g/mol. The van der Waals surface area contributed by atoms with Gasteiger partial charge in [-0.2, -0.15) is 0 Å². The van der Waals surface area contributed by atoms with Gasteiger partial charge in [-0.25, -0.2) is 13.8 Å². The predicted octanol–water partition coefficient (Wildman–Crippen LogP) is 6.76. The van der Waals surface area contributed by atoms with Crippen LogP contribution in [0.5, 0.6) is 5.75 Å². The van der Waals surface area contributed by atoms with Crippen LogP contribution in [0.3, 0.4) is 0 Å². The molecule has 0 saturated carbocycles. The maximum atomic E-state index is 14.2. The Balaban J connectivity index is 1.53. The van der Waals surface area contributed by atoms with Crippen LogP contribution in [0.25, 0.3) is 11.6 Å². The molecule has 1 heterocycles. The molecule has 0 fully saturated rings. The summed E-state index contributed by atoms with van der Waals surface area (Å²) in [6.07, 6.45) is 12.0. The molecular weight excluding hydrogens is 392 g/mol. The van der Waals surface area contributed by atoms with E-state index in [1.165, 1.54) is 18.2 Å². The Morgan fingerprint density at radius 1 is 1.13 bits per heavy atom. The van der Waals surface area contributed by atoms with E-state index < -0.39 is 0 Å². The van der Waals surface area contributed by atoms with E-state index in [-0.39, 0.29) is 11.6 Å². The van der Waals surface area contributed by atoms with Gasteiger partial charge in [0.05, 0.1) is 11.4 Å². The molecule has 0 spiro atoms. The van der Waals surface area contributed by atoms with Gasteiger partial charge in [0.2, 0.25) is 0 Å². The maximum absolute atomic E-state index is 14.2. The molecule has 1 aliphatic heterocycles. The first-order valence-electron chi connectivity index (χ1n) is 9.96. The van der Waals surface area contributed by atoms with Crippen molar-refractivity contribution in [1.29, 1.82) is 0 Å². The largest absolute Gasteiger partial charge is 0.487 e. The highest BCUT2D eigenvalue weighted by Crippen LogP contribution is 2.26. The molecule has 0 amide bonds. The van der Waals surface area contributed by atoms with Crippen molar-refractivity contribution in [3.63, 3.8) is 0 Å². The van der Waals surface area contributed by atoms with Crippen molar-refractivity contribution in [2.75, 3.05) is 6.61 Å². The number of aryl methyl sites for hydroxylation is 1. The molecule has 2 aromatic rings. The second kappa shape index (κ2) is 8.95. The zero-order valence-corrected chi connectivity index (χ0v) is 17.2. The molecule has 0 radical (unpaired) electrons. The van der Waals surface area contributed by atoms with Gasteiger partial charge >= 0.3 is 0 Å². The Hall–Kier alpha value is -3.75. The van der Waals surface area contributed by atoms with Crippen molar-refractivity contribution in [3.05, 3.63) is 119 Å². The lowest BCUT2D eigenvalue weighted by molar-refractivity contribution is 0.349. The molecule has 4 heteroatoms. The van der Waals surface area contributed by atoms with E-state index >= 15 is 0 Å². The van der Waals surface area contributed by atoms with Gasteiger partial charge in [0.15, 0.2) is 0 Å². The second-order valence-electron chi connectivity index (χ2n) is 7.31. The lowest BCUT2D eigenvalue weighted by Crippen LogP contribution is -2.09. The fraction of sp³-hybridized carbons (Fsp3) is 0.111. The summed E-state index contributed by atoms with van der Waals surface area (Å²) >= 11 is 0. The molecular formula is C27H21F2NO. The highest BCUT2D eigenvalue weighted by Gasteiger charge is 2.13. The Bertz CT molecular complexity index is 1220. The van der Waals surface area contributed by atoms with E-state index in [2.05, 4.69) is 17.3 Å². The van der Waals surface area contributed by atoms with E-state index in [9.17, 15) is 8.78 Å². The van der Waals surface area contributed by atoms with Crippen molar-refractivity contribution >= 4 is 17.4 Å². The van der Waals surface area contributed by atoms with Gasteiger partial charge in [0, 0.05) is 11.6 Å². The van der Waals surface area contributed by atoms with Crippen molar-refractivity contribution in [1.82, 2.24) is 0 Å². The predicted molar refractivity (Wildman–Crippen MR) is 122 cm³/mol. The molecule has 31 heavy (non-hydrogen) atoms. The third kappa shape index (κ3) is 4.71. The molecule has 0 atom stereocenters. The molecule has 0 saturated heterocycles. The summed E-state index contributed by atoms with van der Waals surface area (Å²) in [5.41, 5.74) is 8.79. The van der Waals surface area contributed by atoms with Crippen molar-refractivity contribution in [3.8, 4) is 5.75 Å². The fourth-order valence-corrected chi connectivity index (χ4v) is 3.40. The normalized spacial score (nSPS) is 16.7. The number of fused-ring (bicyclic) bond motifs is 1. The van der Waals surface area contributed by atoms with Gasteiger partial charge in [0.1, 0.15) is 24.0 Å². The number of hydrogen-bond acceptors (Lipinski definition) is 2. The SMILES string of the molecule is C=Cc1cc(/C2=C/C=C3CC=C(COc4ccc(F)cc4)N=C3C=C=C2)cc(C)c1F. The number of hydrogen-bond donors (Lipinski definition) is 0. The first-order valence-corrected chi connectivity index (χ1v) is 9.96. The standard InChI is InChI=1S/C27H21F2NO/c1-3-19-16-22(15-18(2)27(19)29)20-5-4-6-26-21(8-7-20)9-12-24(30-26)17-31-25-13-10-23(28)11-14-25/h3,5-8,10-16H,1,9,17H2,2H3/b20-7+,21-8?. The number of halogens is 2. The molecule has 2 aromatic carbocycles. The maximum Gasteiger partial charge on any atom is 0.133 e. The van der Waals surface area contributed by atoms with E-state index in [0.717, 1.165) is 28.1 Å². The lowest BCUT2D eigenvalue weighted by atomic mass is 9.96. The molecule has 0 unspecified atom stereocenters. The molecule has 0 N–H and O–H groups in total. The van der Waals surface area contributed by atoms with Crippen LogP contribution in [-0.4, -0.2) is 12.3 Å². The summed E-state index contributed by atoms with van der Waals surface area (Å²) in [5.74, 6) is 0.0536. The minimum atomic E-state index is -0.297. The van der Waals surface area contributed by atoms with Crippen LogP contribution >= 0.6 is 0 Å². The molecule has 0 aromatic heterocycles. The van der Waals surface area contributed by atoms with Gasteiger partial charge < -0.3 is 4.74 Å². The molecule has 2 aliphatic rings. The van der Waals surface area contributed by atoms with Gasteiger partial charge in [-0.1, -0.05) is 30.9 Å². The van der Waals surface area contributed by atoms with Gasteiger partial charge in [-0.15, -0.1) is 5.73 Å². The topological polar surface area (TPSA) is 21.6 Å². The van der Waals surface area contributed by atoms with Crippen molar-refractivity contribution in [2.24, 2.45) is 4.99 Å². The van der Waals surface area contributed by atoms with Crippen LogP contribution in [0.1, 0.15) is 23.1 Å². The highest BCUT2D eigenvalue weighted by molar-refractivity contribution is 6.10. The molecule has 2 nitrogen and oxygen atoms in total. The van der Waals surface area contributed by atoms with E-state index in [4.69, 9.17) is 4.74 Å². The zero-order chi connectivity index (χ0) is 21.8. The van der Waals surface area contributed by atoms with Crippen LogP contribution in [-0.2, 0) is 0 Å². The molecule has 1 aliphatic carbocycles. The quantitative estimate of drug-likeness (QED) is 0.496. The third-order valence-corrected chi connectivity index (χ3v) is 5.11. The van der Waals surface area contributed by atoms with Crippen molar-refractivity contribution < 1.29 is 13.5 Å². The molecule has 154 valence electrons.